The maximum atomic E-state index is 12.6. The first-order chi connectivity index (χ1) is 13.9. The molecule has 150 valence electrons. The van der Waals surface area contributed by atoms with Crippen molar-refractivity contribution in [3.63, 3.8) is 0 Å². The van der Waals surface area contributed by atoms with Crippen LogP contribution in [0.1, 0.15) is 40.9 Å². The first-order valence-electron chi connectivity index (χ1n) is 9.44. The van der Waals surface area contributed by atoms with Crippen LogP contribution in [0.25, 0.3) is 0 Å². The Bertz CT molecular complexity index is 1060. The van der Waals surface area contributed by atoms with Crippen LogP contribution in [0.4, 0.5) is 5.69 Å². The smallest absolute Gasteiger partial charge is 0.261 e. The fourth-order valence-electron chi connectivity index (χ4n) is 2.97. The monoisotopic (exact) mass is 408 g/mol. The molecule has 0 aliphatic heterocycles. The zero-order chi connectivity index (χ0) is 20.9. The Kier molecular flexibility index (Phi) is 6.34. The number of benzene rings is 3. The fourth-order valence-corrected chi connectivity index (χ4v) is 4.03. The van der Waals surface area contributed by atoms with Crippen LogP contribution in [-0.4, -0.2) is 14.3 Å². The summed E-state index contributed by atoms with van der Waals surface area (Å²) in [6, 6.07) is 22.7. The van der Waals surface area contributed by atoms with Crippen molar-refractivity contribution in [2.75, 3.05) is 4.72 Å². The van der Waals surface area contributed by atoms with Gasteiger partial charge in [0.15, 0.2) is 0 Å². The van der Waals surface area contributed by atoms with Gasteiger partial charge in [-0.1, -0.05) is 55.0 Å². The fraction of sp³-hybridized carbons (Fsp3) is 0.174. The first kappa shape index (κ1) is 20.6. The van der Waals surface area contributed by atoms with Crippen molar-refractivity contribution in [2.24, 2.45) is 0 Å². The second-order valence-corrected chi connectivity index (χ2v) is 8.52. The number of hydrogen-bond donors (Lipinski definition) is 2. The molecule has 6 heteroatoms. The summed E-state index contributed by atoms with van der Waals surface area (Å²) in [5.74, 6) is -0.200. The van der Waals surface area contributed by atoms with Crippen molar-refractivity contribution in [2.45, 2.75) is 31.2 Å². The molecule has 0 aliphatic carbocycles. The Hall–Kier alpha value is -3.12. The zero-order valence-corrected chi connectivity index (χ0v) is 17.2. The molecule has 1 atom stereocenters. The first-order valence-corrected chi connectivity index (χ1v) is 10.9. The standard InChI is InChI=1S/C23H24N2O3S/c1-3-22(18-7-5-4-6-8-18)24-23(26)19-11-13-20(14-12-19)25-29(27,28)21-15-9-17(2)10-16-21/h4-16,22,25H,3H2,1-2H3,(H,24,26)/t22-/m1/s1. The highest BCUT2D eigenvalue weighted by molar-refractivity contribution is 7.92. The zero-order valence-electron chi connectivity index (χ0n) is 16.4. The summed E-state index contributed by atoms with van der Waals surface area (Å²) in [6.07, 6.45) is 0.768. The van der Waals surface area contributed by atoms with Crippen LogP contribution in [-0.2, 0) is 10.0 Å². The minimum atomic E-state index is -3.67. The van der Waals surface area contributed by atoms with Gasteiger partial charge >= 0.3 is 0 Å². The number of aryl methyl sites for hydroxylation is 1. The van der Waals surface area contributed by atoms with Gasteiger partial charge in [-0.25, -0.2) is 8.42 Å². The largest absolute Gasteiger partial charge is 0.345 e. The predicted molar refractivity (Wildman–Crippen MR) is 115 cm³/mol. The van der Waals surface area contributed by atoms with Crippen LogP contribution in [0.2, 0.25) is 0 Å². The number of carbonyl (C=O) groups excluding carboxylic acids is 1. The molecular formula is C23H24N2O3S. The normalized spacial score (nSPS) is 12.2. The number of amides is 1. The SMILES string of the molecule is CC[C@@H](NC(=O)c1ccc(NS(=O)(=O)c2ccc(C)cc2)cc1)c1ccccc1. The summed E-state index contributed by atoms with van der Waals surface area (Å²) < 4.78 is 27.5. The lowest BCUT2D eigenvalue weighted by Crippen LogP contribution is -2.28. The molecule has 2 N–H and O–H groups in total. The average Bonchev–Trinajstić information content (AvgIpc) is 2.73. The summed E-state index contributed by atoms with van der Waals surface area (Å²) in [4.78, 5) is 12.8. The molecule has 3 aromatic rings. The van der Waals surface area contributed by atoms with Gasteiger partial charge in [0.25, 0.3) is 15.9 Å². The van der Waals surface area contributed by atoms with Crippen molar-refractivity contribution < 1.29 is 13.2 Å². The molecule has 0 aromatic heterocycles. The molecule has 3 rings (SSSR count). The summed E-state index contributed by atoms with van der Waals surface area (Å²) in [7, 11) is -3.67. The number of carbonyl (C=O) groups is 1. The van der Waals surface area contributed by atoms with Crippen molar-refractivity contribution in [1.29, 1.82) is 0 Å². The van der Waals surface area contributed by atoms with E-state index in [0.29, 0.717) is 11.3 Å². The van der Waals surface area contributed by atoms with Gasteiger partial charge in [0, 0.05) is 11.3 Å². The molecule has 0 fully saturated rings. The van der Waals surface area contributed by atoms with E-state index in [4.69, 9.17) is 0 Å². The lowest BCUT2D eigenvalue weighted by atomic mass is 10.0. The minimum Gasteiger partial charge on any atom is -0.345 e. The Labute approximate surface area is 171 Å². The van der Waals surface area contributed by atoms with E-state index in [0.717, 1.165) is 17.5 Å². The van der Waals surface area contributed by atoms with Gasteiger partial charge in [-0.2, -0.15) is 0 Å². The number of sulfonamides is 1. The maximum absolute atomic E-state index is 12.6. The molecule has 0 bridgehead atoms. The topological polar surface area (TPSA) is 75.3 Å². The molecule has 0 heterocycles. The minimum absolute atomic E-state index is 0.0802. The van der Waals surface area contributed by atoms with E-state index < -0.39 is 10.0 Å². The van der Waals surface area contributed by atoms with Crippen molar-refractivity contribution in [1.82, 2.24) is 5.32 Å². The van der Waals surface area contributed by atoms with E-state index in [2.05, 4.69) is 10.0 Å². The van der Waals surface area contributed by atoms with Crippen molar-refractivity contribution in [3.05, 3.63) is 95.6 Å². The molecule has 0 aliphatic rings. The van der Waals surface area contributed by atoms with Gasteiger partial charge in [0.2, 0.25) is 0 Å². The second-order valence-electron chi connectivity index (χ2n) is 6.84. The Morgan fingerprint density at radius 2 is 1.52 bits per heavy atom. The Morgan fingerprint density at radius 3 is 2.10 bits per heavy atom. The second kappa shape index (κ2) is 8.92. The molecule has 0 radical (unpaired) electrons. The van der Waals surface area contributed by atoms with E-state index >= 15 is 0 Å². The van der Waals surface area contributed by atoms with Crippen LogP contribution >= 0.6 is 0 Å². The highest BCUT2D eigenvalue weighted by Crippen LogP contribution is 2.19. The Balaban J connectivity index is 1.69. The predicted octanol–water partition coefficient (Wildman–Crippen LogP) is 4.68. The van der Waals surface area contributed by atoms with Gasteiger partial charge in [0.05, 0.1) is 10.9 Å². The third kappa shape index (κ3) is 5.23. The van der Waals surface area contributed by atoms with Crippen LogP contribution in [0.5, 0.6) is 0 Å². The van der Waals surface area contributed by atoms with Crippen LogP contribution in [0.15, 0.2) is 83.8 Å². The Morgan fingerprint density at radius 1 is 0.897 bits per heavy atom. The molecule has 0 saturated heterocycles. The van der Waals surface area contributed by atoms with Crippen LogP contribution in [0, 0.1) is 6.92 Å². The lowest BCUT2D eigenvalue weighted by Gasteiger charge is -2.17. The number of nitrogens with one attached hydrogen (secondary N) is 2. The molecule has 5 nitrogen and oxygen atoms in total. The third-order valence-corrected chi connectivity index (χ3v) is 6.04. The molecule has 3 aromatic carbocycles. The van der Waals surface area contributed by atoms with Gasteiger partial charge in [-0.15, -0.1) is 0 Å². The van der Waals surface area contributed by atoms with Crippen LogP contribution in [0.3, 0.4) is 0 Å². The van der Waals surface area contributed by atoms with E-state index in [1.54, 1.807) is 48.5 Å². The molecular weight excluding hydrogens is 384 g/mol. The quantitative estimate of drug-likeness (QED) is 0.596. The number of hydrogen-bond acceptors (Lipinski definition) is 3. The van der Waals surface area contributed by atoms with E-state index in [1.807, 2.05) is 44.2 Å². The highest BCUT2D eigenvalue weighted by Gasteiger charge is 2.16. The van der Waals surface area contributed by atoms with Gasteiger partial charge in [0.1, 0.15) is 0 Å². The number of rotatable bonds is 7. The van der Waals surface area contributed by atoms with Crippen molar-refractivity contribution in [3.8, 4) is 0 Å². The lowest BCUT2D eigenvalue weighted by molar-refractivity contribution is 0.0935. The van der Waals surface area contributed by atoms with Gasteiger partial charge in [-0.3, -0.25) is 9.52 Å². The average molecular weight is 409 g/mol. The molecule has 1 amide bonds. The third-order valence-electron chi connectivity index (χ3n) is 4.65. The maximum Gasteiger partial charge on any atom is 0.261 e. The summed E-state index contributed by atoms with van der Waals surface area (Å²) in [5.41, 5.74) is 2.90. The van der Waals surface area contributed by atoms with E-state index in [9.17, 15) is 13.2 Å². The molecule has 0 unspecified atom stereocenters. The summed E-state index contributed by atoms with van der Waals surface area (Å²) in [5, 5.41) is 3.02. The molecule has 0 spiro atoms. The summed E-state index contributed by atoms with van der Waals surface area (Å²) >= 11 is 0. The van der Waals surface area contributed by atoms with Crippen LogP contribution < -0.4 is 10.0 Å². The molecule has 0 saturated carbocycles. The van der Waals surface area contributed by atoms with E-state index in [-0.39, 0.29) is 16.8 Å². The molecule has 29 heavy (non-hydrogen) atoms. The van der Waals surface area contributed by atoms with Gasteiger partial charge in [-0.05, 0) is 55.3 Å². The summed E-state index contributed by atoms with van der Waals surface area (Å²) in [6.45, 7) is 3.91. The van der Waals surface area contributed by atoms with Gasteiger partial charge < -0.3 is 5.32 Å². The van der Waals surface area contributed by atoms with Crippen molar-refractivity contribution >= 4 is 21.6 Å². The number of anilines is 1. The van der Waals surface area contributed by atoms with E-state index in [1.165, 1.54) is 0 Å². The highest BCUT2D eigenvalue weighted by atomic mass is 32.2.